The number of nitrogens with two attached hydrogens (primary N) is 1. The van der Waals surface area contributed by atoms with Crippen molar-refractivity contribution in [3.63, 3.8) is 0 Å². The van der Waals surface area contributed by atoms with Crippen LogP contribution in [0.15, 0.2) is 54.7 Å². The van der Waals surface area contributed by atoms with Gasteiger partial charge >= 0.3 is 5.97 Å². The molecule has 1 heterocycles. The summed E-state index contributed by atoms with van der Waals surface area (Å²) < 4.78 is 0. The number of aliphatic carboxylic acids is 1. The van der Waals surface area contributed by atoms with Crippen LogP contribution in [-0.2, 0) is 32.0 Å². The van der Waals surface area contributed by atoms with Gasteiger partial charge in [-0.25, -0.2) is 4.79 Å². The van der Waals surface area contributed by atoms with Gasteiger partial charge in [0.2, 0.25) is 17.7 Å². The molecular weight excluding hydrogens is 526 g/mol. The number of fused-ring (bicyclic) bond motifs is 1. The van der Waals surface area contributed by atoms with Crippen molar-refractivity contribution in [3.8, 4) is 5.75 Å². The molecule has 0 bridgehead atoms. The molecule has 0 fully saturated rings. The number of carboxylic acid groups (broad SMARTS) is 1. The molecule has 4 unspecified atom stereocenters. The number of carbonyl (C=O) groups is 4. The van der Waals surface area contributed by atoms with Crippen molar-refractivity contribution in [1.29, 1.82) is 0 Å². The third kappa shape index (κ3) is 7.96. The molecule has 0 spiro atoms. The van der Waals surface area contributed by atoms with Crippen molar-refractivity contribution in [1.82, 2.24) is 20.9 Å². The largest absolute Gasteiger partial charge is 0.508 e. The second kappa shape index (κ2) is 13.6. The number of aromatic nitrogens is 1. The molecule has 0 radical (unpaired) electrons. The number of aliphatic hydroxyl groups is 1. The number of hydrogen-bond donors (Lipinski definition) is 9. The molecule has 13 heteroatoms. The number of H-pyrrole nitrogens is 1. The van der Waals surface area contributed by atoms with Crippen LogP contribution in [0.25, 0.3) is 10.9 Å². The first kappa shape index (κ1) is 29.5. The Kier molecular flexibility index (Phi) is 10.3. The van der Waals surface area contributed by atoms with Gasteiger partial charge in [-0.2, -0.15) is 12.6 Å². The zero-order chi connectivity index (χ0) is 28.5. The van der Waals surface area contributed by atoms with Crippen LogP contribution in [0, 0.1) is 0 Å². The second-order valence-electron chi connectivity index (χ2n) is 8.93. The molecule has 0 aliphatic heterocycles. The molecule has 0 aliphatic rings. The van der Waals surface area contributed by atoms with Crippen LogP contribution in [0.3, 0.4) is 0 Å². The van der Waals surface area contributed by atoms with Crippen molar-refractivity contribution >= 4 is 47.2 Å². The molecule has 3 rings (SSSR count). The summed E-state index contributed by atoms with van der Waals surface area (Å²) in [5.74, 6) is -3.87. The highest BCUT2D eigenvalue weighted by atomic mass is 32.1. The third-order valence-electron chi connectivity index (χ3n) is 6.07. The molecule has 3 amide bonds. The summed E-state index contributed by atoms with van der Waals surface area (Å²) >= 11 is 3.93. The highest BCUT2D eigenvalue weighted by Crippen LogP contribution is 2.19. The first-order valence-electron chi connectivity index (χ1n) is 12.1. The van der Waals surface area contributed by atoms with Crippen molar-refractivity contribution in [2.45, 2.75) is 37.0 Å². The quantitative estimate of drug-likeness (QED) is 0.124. The van der Waals surface area contributed by atoms with E-state index in [1.54, 1.807) is 6.20 Å². The van der Waals surface area contributed by atoms with E-state index in [1.165, 1.54) is 24.3 Å². The molecule has 4 atom stereocenters. The Balaban J connectivity index is 1.69. The number of carboxylic acids is 1. The summed E-state index contributed by atoms with van der Waals surface area (Å²) in [5.41, 5.74) is 8.32. The van der Waals surface area contributed by atoms with Gasteiger partial charge in [-0.15, -0.1) is 0 Å². The number of aromatic amines is 1. The lowest BCUT2D eigenvalue weighted by atomic mass is 10.0. The van der Waals surface area contributed by atoms with Crippen LogP contribution in [0.2, 0.25) is 0 Å². The van der Waals surface area contributed by atoms with Crippen LogP contribution in [0.5, 0.6) is 5.75 Å². The van der Waals surface area contributed by atoms with Gasteiger partial charge in [0.1, 0.15) is 23.9 Å². The Labute approximate surface area is 229 Å². The number of phenolic OH excluding ortho intramolecular Hbond substituents is 1. The SMILES string of the molecule is NC(Cc1c[nH]c2ccccc12)C(=O)NC(CO)C(=O)NC(Cc1ccc(O)cc1)C(=O)NC(CS)C(=O)O. The summed E-state index contributed by atoms with van der Waals surface area (Å²) in [6.45, 7) is -0.778. The maximum atomic E-state index is 13.0. The number of aliphatic hydroxyl groups excluding tert-OH is 1. The minimum atomic E-state index is -1.43. The summed E-state index contributed by atoms with van der Waals surface area (Å²) in [4.78, 5) is 53.1. The molecule has 1 aromatic heterocycles. The van der Waals surface area contributed by atoms with Gasteiger partial charge in [0.05, 0.1) is 12.6 Å². The van der Waals surface area contributed by atoms with Gasteiger partial charge in [0, 0.05) is 29.3 Å². The van der Waals surface area contributed by atoms with Crippen LogP contribution >= 0.6 is 12.6 Å². The van der Waals surface area contributed by atoms with E-state index in [0.29, 0.717) is 5.56 Å². The normalized spacial score (nSPS) is 14.1. The second-order valence-corrected chi connectivity index (χ2v) is 9.29. The Hall–Kier alpha value is -4.07. The Morgan fingerprint density at radius 3 is 2.13 bits per heavy atom. The fraction of sp³-hybridized carbons (Fsp3) is 0.308. The van der Waals surface area contributed by atoms with Crippen molar-refractivity contribution in [2.24, 2.45) is 5.73 Å². The van der Waals surface area contributed by atoms with E-state index in [0.717, 1.165) is 16.5 Å². The molecule has 2 aromatic carbocycles. The lowest BCUT2D eigenvalue weighted by Gasteiger charge is -2.24. The van der Waals surface area contributed by atoms with Gasteiger partial charge < -0.3 is 42.0 Å². The first-order chi connectivity index (χ1) is 18.6. The number of aromatic hydroxyl groups is 1. The molecule has 9 N–H and O–H groups in total. The number of phenols is 1. The number of para-hydroxylation sites is 1. The summed E-state index contributed by atoms with van der Waals surface area (Å²) in [6, 6.07) is 8.31. The van der Waals surface area contributed by atoms with Gasteiger partial charge in [0.25, 0.3) is 0 Å². The van der Waals surface area contributed by atoms with E-state index in [2.05, 4.69) is 33.6 Å². The van der Waals surface area contributed by atoms with Gasteiger partial charge in [-0.05, 0) is 35.7 Å². The number of amides is 3. The highest BCUT2D eigenvalue weighted by Gasteiger charge is 2.30. The standard InChI is InChI=1S/C26H31N5O7S/c27-18(10-15-11-28-19-4-2-1-3-17(15)19)23(34)30-21(12-32)25(36)29-20(9-14-5-7-16(33)8-6-14)24(35)31-22(13-39)26(37)38/h1-8,11,18,20-22,28,32-33,39H,9-10,12-13,27H2,(H,29,36)(H,30,34)(H,31,35)(H,37,38). The number of hydrogen-bond acceptors (Lipinski definition) is 8. The van der Waals surface area contributed by atoms with E-state index in [4.69, 9.17) is 5.73 Å². The number of nitrogens with one attached hydrogen (secondary N) is 4. The van der Waals surface area contributed by atoms with Crippen molar-refractivity contribution in [3.05, 3.63) is 65.9 Å². The number of benzene rings is 2. The fourth-order valence-corrected chi connectivity index (χ4v) is 4.16. The summed E-state index contributed by atoms with van der Waals surface area (Å²) in [5, 5.41) is 36.7. The maximum absolute atomic E-state index is 13.0. The molecule has 12 nitrogen and oxygen atoms in total. The zero-order valence-corrected chi connectivity index (χ0v) is 21.7. The monoisotopic (exact) mass is 557 g/mol. The number of thiol groups is 1. The first-order valence-corrected chi connectivity index (χ1v) is 12.7. The molecule has 208 valence electrons. The summed E-state index contributed by atoms with van der Waals surface area (Å²) in [7, 11) is 0. The topological polar surface area (TPSA) is 207 Å². The fourth-order valence-electron chi connectivity index (χ4n) is 3.91. The van der Waals surface area contributed by atoms with Gasteiger partial charge in [-0.3, -0.25) is 14.4 Å². The van der Waals surface area contributed by atoms with E-state index >= 15 is 0 Å². The molecule has 0 saturated carbocycles. The minimum absolute atomic E-state index is 0.00293. The smallest absolute Gasteiger partial charge is 0.327 e. The number of rotatable bonds is 13. The maximum Gasteiger partial charge on any atom is 0.327 e. The van der Waals surface area contributed by atoms with E-state index in [1.807, 2.05) is 24.3 Å². The van der Waals surface area contributed by atoms with Crippen LogP contribution in [-0.4, -0.2) is 80.5 Å². The molecule has 0 aliphatic carbocycles. The molecule has 39 heavy (non-hydrogen) atoms. The Bertz CT molecular complexity index is 1310. The minimum Gasteiger partial charge on any atom is -0.508 e. The molecular formula is C26H31N5O7S. The van der Waals surface area contributed by atoms with Crippen LogP contribution < -0.4 is 21.7 Å². The average molecular weight is 558 g/mol. The third-order valence-corrected chi connectivity index (χ3v) is 6.44. The van der Waals surface area contributed by atoms with Crippen LogP contribution in [0.4, 0.5) is 0 Å². The van der Waals surface area contributed by atoms with Crippen molar-refractivity contribution < 1.29 is 34.5 Å². The predicted molar refractivity (Wildman–Crippen MR) is 146 cm³/mol. The molecule has 3 aromatic rings. The van der Waals surface area contributed by atoms with E-state index in [9.17, 15) is 34.5 Å². The lowest BCUT2D eigenvalue weighted by molar-refractivity contribution is -0.141. The van der Waals surface area contributed by atoms with Crippen LogP contribution in [0.1, 0.15) is 11.1 Å². The van der Waals surface area contributed by atoms with Gasteiger partial charge in [-0.1, -0.05) is 30.3 Å². The van der Waals surface area contributed by atoms with E-state index in [-0.39, 0.29) is 24.3 Å². The van der Waals surface area contributed by atoms with Crippen molar-refractivity contribution in [2.75, 3.05) is 12.4 Å². The zero-order valence-electron chi connectivity index (χ0n) is 20.8. The Morgan fingerprint density at radius 1 is 0.872 bits per heavy atom. The lowest BCUT2D eigenvalue weighted by Crippen LogP contribution is -2.58. The molecule has 0 saturated heterocycles. The number of carbonyl (C=O) groups excluding carboxylic acids is 3. The Morgan fingerprint density at radius 2 is 1.49 bits per heavy atom. The van der Waals surface area contributed by atoms with E-state index < -0.39 is 54.5 Å². The summed E-state index contributed by atoms with van der Waals surface area (Å²) in [6.07, 6.45) is 1.85. The average Bonchev–Trinajstić information content (AvgIpc) is 3.33. The van der Waals surface area contributed by atoms with Gasteiger partial charge in [0.15, 0.2) is 0 Å². The predicted octanol–water partition coefficient (Wildman–Crippen LogP) is -0.553. The highest BCUT2D eigenvalue weighted by molar-refractivity contribution is 7.80.